The van der Waals surface area contributed by atoms with Gasteiger partial charge in [0.1, 0.15) is 24.0 Å². The molecule has 0 saturated heterocycles. The second-order valence-electron chi connectivity index (χ2n) is 9.35. The number of hydrogen-bond acceptors (Lipinski definition) is 9. The Labute approximate surface area is 215 Å². The molecule has 0 spiro atoms. The van der Waals surface area contributed by atoms with E-state index >= 15 is 0 Å². The lowest BCUT2D eigenvalue weighted by molar-refractivity contribution is 0.0494. The van der Waals surface area contributed by atoms with Gasteiger partial charge < -0.3 is 24.3 Å². The van der Waals surface area contributed by atoms with Crippen LogP contribution in [0.15, 0.2) is 36.8 Å². The molecule has 3 rings (SSSR count). The van der Waals surface area contributed by atoms with Crippen LogP contribution in [0.1, 0.15) is 49.2 Å². The van der Waals surface area contributed by atoms with Crippen molar-refractivity contribution in [2.45, 2.75) is 45.8 Å². The number of pyridine rings is 2. The normalized spacial score (nSPS) is 11.8. The van der Waals surface area contributed by atoms with Crippen molar-refractivity contribution in [1.29, 1.82) is 5.26 Å². The van der Waals surface area contributed by atoms with Gasteiger partial charge in [0.15, 0.2) is 17.3 Å². The van der Waals surface area contributed by atoms with Crippen LogP contribution in [0.25, 0.3) is 10.9 Å². The van der Waals surface area contributed by atoms with Crippen molar-refractivity contribution in [3.05, 3.63) is 53.5 Å². The Balaban J connectivity index is 1.77. The van der Waals surface area contributed by atoms with Gasteiger partial charge in [-0.2, -0.15) is 5.26 Å². The van der Waals surface area contributed by atoms with Gasteiger partial charge in [-0.1, -0.05) is 0 Å². The minimum atomic E-state index is -0.605. The third kappa shape index (κ3) is 7.07. The fourth-order valence-corrected chi connectivity index (χ4v) is 3.55. The Morgan fingerprint density at radius 2 is 1.78 bits per heavy atom. The molecule has 0 aliphatic rings. The first-order valence-electron chi connectivity index (χ1n) is 11.6. The minimum absolute atomic E-state index is 0.0564. The fraction of sp³-hybridized carbons (Fsp3) is 0.370. The molecule has 0 unspecified atom stereocenters. The van der Waals surface area contributed by atoms with Crippen LogP contribution in [-0.4, -0.2) is 54.3 Å². The highest BCUT2D eigenvalue weighted by molar-refractivity contribution is 6.00. The van der Waals surface area contributed by atoms with E-state index in [1.165, 1.54) is 32.8 Å². The van der Waals surface area contributed by atoms with Gasteiger partial charge in [0.05, 0.1) is 37.5 Å². The smallest absolute Gasteiger partial charge is 0.407 e. The lowest BCUT2D eigenvalue weighted by atomic mass is 9.96. The van der Waals surface area contributed by atoms with Crippen LogP contribution in [0.2, 0.25) is 0 Å². The van der Waals surface area contributed by atoms with Crippen molar-refractivity contribution in [2.75, 3.05) is 20.8 Å². The molecular formula is C27H30N4O6. The van der Waals surface area contributed by atoms with Crippen molar-refractivity contribution in [1.82, 2.24) is 15.3 Å². The Bertz CT molecular complexity index is 1340. The van der Waals surface area contributed by atoms with E-state index in [1.54, 1.807) is 45.9 Å². The van der Waals surface area contributed by atoms with Gasteiger partial charge >= 0.3 is 6.09 Å². The molecule has 194 valence electrons. The number of fused-ring (bicyclic) bond motifs is 1. The molecule has 0 bridgehead atoms. The number of amides is 1. The number of methoxy groups -OCH3 is 2. The first-order chi connectivity index (χ1) is 17.5. The number of ether oxygens (including phenoxy) is 4. The van der Waals surface area contributed by atoms with Crippen molar-refractivity contribution in [3.63, 3.8) is 0 Å². The Morgan fingerprint density at radius 3 is 2.43 bits per heavy atom. The number of hydrogen-bond donors (Lipinski definition) is 1. The zero-order chi connectivity index (χ0) is 27.2. The summed E-state index contributed by atoms with van der Waals surface area (Å²) in [5.74, 6) is 1.08. The van der Waals surface area contributed by atoms with Crippen molar-refractivity contribution < 1.29 is 28.5 Å². The zero-order valence-electron chi connectivity index (χ0n) is 21.7. The Morgan fingerprint density at radius 1 is 1.08 bits per heavy atom. The standard InChI is InChI=1S/C27H30N4O6/c1-16(31-26(33)37-27(2,3)4)15-36-19-7-17(12-29-14-19)23(32)8-20-18(11-28)13-30-22-10-25(35-6)24(34-5)9-21(20)22/h7,9-10,12-14,16H,8,15H2,1-6H3,(H,31,33)/t16-/m0/s1. The summed E-state index contributed by atoms with van der Waals surface area (Å²) in [7, 11) is 3.03. The second-order valence-corrected chi connectivity index (χ2v) is 9.35. The van der Waals surface area contributed by atoms with Crippen LogP contribution in [-0.2, 0) is 11.2 Å². The highest BCUT2D eigenvalue weighted by Gasteiger charge is 2.19. The van der Waals surface area contributed by atoms with E-state index in [2.05, 4.69) is 21.4 Å². The van der Waals surface area contributed by atoms with Gasteiger partial charge in [-0.15, -0.1) is 0 Å². The van der Waals surface area contributed by atoms with Gasteiger partial charge in [0.2, 0.25) is 0 Å². The van der Waals surface area contributed by atoms with Gasteiger partial charge in [-0.3, -0.25) is 14.8 Å². The van der Waals surface area contributed by atoms with E-state index in [0.29, 0.717) is 39.3 Å². The number of nitriles is 1. The van der Waals surface area contributed by atoms with Gasteiger partial charge in [0.25, 0.3) is 0 Å². The number of nitrogens with one attached hydrogen (secondary N) is 1. The lowest BCUT2D eigenvalue weighted by Gasteiger charge is -2.22. The fourth-order valence-electron chi connectivity index (χ4n) is 3.55. The number of nitrogens with zero attached hydrogens (tertiary/aromatic N) is 3. The summed E-state index contributed by atoms with van der Waals surface area (Å²) < 4.78 is 21.7. The van der Waals surface area contributed by atoms with Crippen LogP contribution >= 0.6 is 0 Å². The topological polar surface area (TPSA) is 133 Å². The van der Waals surface area contributed by atoms with Crippen LogP contribution in [0.5, 0.6) is 17.2 Å². The summed E-state index contributed by atoms with van der Waals surface area (Å²) in [5, 5.41) is 13.0. The van der Waals surface area contributed by atoms with Crippen LogP contribution in [0, 0.1) is 11.3 Å². The van der Waals surface area contributed by atoms with Crippen molar-refractivity contribution >= 4 is 22.8 Å². The molecule has 0 fully saturated rings. The number of carbonyl (C=O) groups is 2. The molecule has 3 aromatic rings. The summed E-state index contributed by atoms with van der Waals surface area (Å²) in [6.07, 6.45) is 3.76. The monoisotopic (exact) mass is 506 g/mol. The molecular weight excluding hydrogens is 476 g/mol. The molecule has 1 amide bonds. The number of alkyl carbamates (subject to hydrolysis) is 1. The predicted octanol–water partition coefficient (Wildman–Crippen LogP) is 4.24. The summed E-state index contributed by atoms with van der Waals surface area (Å²) in [6.45, 7) is 7.26. The zero-order valence-corrected chi connectivity index (χ0v) is 21.7. The van der Waals surface area contributed by atoms with Crippen molar-refractivity contribution in [2.24, 2.45) is 0 Å². The molecule has 1 N–H and O–H groups in total. The maximum atomic E-state index is 13.2. The predicted molar refractivity (Wildman–Crippen MR) is 136 cm³/mol. The number of ketones is 1. The van der Waals surface area contributed by atoms with E-state index < -0.39 is 11.7 Å². The highest BCUT2D eigenvalue weighted by atomic mass is 16.6. The average molecular weight is 507 g/mol. The largest absolute Gasteiger partial charge is 0.493 e. The molecule has 2 heterocycles. The molecule has 37 heavy (non-hydrogen) atoms. The number of rotatable bonds is 9. The highest BCUT2D eigenvalue weighted by Crippen LogP contribution is 2.34. The number of benzene rings is 1. The molecule has 10 nitrogen and oxygen atoms in total. The van der Waals surface area contributed by atoms with Crippen LogP contribution in [0.3, 0.4) is 0 Å². The number of aromatic nitrogens is 2. The minimum Gasteiger partial charge on any atom is -0.493 e. The van der Waals surface area contributed by atoms with E-state index in [0.717, 1.165) is 0 Å². The SMILES string of the molecule is COc1cc2ncc(C#N)c(CC(=O)c3cncc(OC[C@H](C)NC(=O)OC(C)(C)C)c3)c2cc1OC. The summed E-state index contributed by atoms with van der Waals surface area (Å²) in [6, 6.07) is 6.76. The first-order valence-corrected chi connectivity index (χ1v) is 11.6. The van der Waals surface area contributed by atoms with Gasteiger partial charge in [-0.25, -0.2) is 4.79 Å². The average Bonchev–Trinajstić information content (AvgIpc) is 2.85. The molecule has 0 saturated carbocycles. The molecule has 0 aliphatic carbocycles. The maximum absolute atomic E-state index is 13.2. The third-order valence-electron chi connectivity index (χ3n) is 5.24. The Hall–Kier alpha value is -4.39. The molecule has 1 aromatic carbocycles. The van der Waals surface area contributed by atoms with E-state index in [-0.39, 0.29) is 30.4 Å². The molecule has 1 atom stereocenters. The first kappa shape index (κ1) is 27.2. The summed E-state index contributed by atoms with van der Waals surface area (Å²) >= 11 is 0. The lowest BCUT2D eigenvalue weighted by Crippen LogP contribution is -2.40. The molecule has 0 radical (unpaired) electrons. The van der Waals surface area contributed by atoms with E-state index in [4.69, 9.17) is 18.9 Å². The number of carbonyl (C=O) groups excluding carboxylic acids is 2. The van der Waals surface area contributed by atoms with Crippen LogP contribution in [0.4, 0.5) is 4.79 Å². The molecule has 0 aliphatic heterocycles. The quantitative estimate of drug-likeness (QED) is 0.423. The maximum Gasteiger partial charge on any atom is 0.407 e. The second kappa shape index (κ2) is 11.6. The molecule has 10 heteroatoms. The van der Waals surface area contributed by atoms with Crippen molar-refractivity contribution in [3.8, 4) is 23.3 Å². The van der Waals surface area contributed by atoms with Gasteiger partial charge in [-0.05, 0) is 45.4 Å². The van der Waals surface area contributed by atoms with E-state index in [9.17, 15) is 14.9 Å². The van der Waals surface area contributed by atoms with Gasteiger partial charge in [0, 0.05) is 35.8 Å². The summed E-state index contributed by atoms with van der Waals surface area (Å²) in [4.78, 5) is 33.6. The Kier molecular flexibility index (Phi) is 8.50. The van der Waals surface area contributed by atoms with E-state index in [1.807, 2.05) is 0 Å². The third-order valence-corrected chi connectivity index (χ3v) is 5.24. The van der Waals surface area contributed by atoms with Crippen LogP contribution < -0.4 is 19.5 Å². The summed E-state index contributed by atoms with van der Waals surface area (Å²) in [5.41, 5.74) is 1.10. The molecule has 2 aromatic heterocycles. The number of Topliss-reactive ketones (excluding diaryl/α,β-unsaturated/α-hetero) is 1.